The van der Waals surface area contributed by atoms with E-state index in [2.05, 4.69) is 6.07 Å². The Morgan fingerprint density at radius 1 is 1.40 bits per heavy atom. The van der Waals surface area contributed by atoms with E-state index >= 15 is 0 Å². The van der Waals surface area contributed by atoms with Crippen molar-refractivity contribution >= 4 is 6.09 Å². The Balaban J connectivity index is 1.84. The number of ether oxygens (including phenoxy) is 3. The Morgan fingerprint density at radius 2 is 2.10 bits per heavy atom. The minimum absolute atomic E-state index is 0.234. The van der Waals surface area contributed by atoms with Crippen molar-refractivity contribution in [1.29, 1.82) is 5.26 Å². The second kappa shape index (κ2) is 5.58. The molecule has 2 fully saturated rings. The highest BCUT2D eigenvalue weighted by atomic mass is 16.7. The molecule has 0 aromatic rings. The van der Waals surface area contributed by atoms with Gasteiger partial charge in [0.1, 0.15) is 11.7 Å². The summed E-state index contributed by atoms with van der Waals surface area (Å²) in [7, 11) is 0. The van der Waals surface area contributed by atoms with Crippen LogP contribution in [0.2, 0.25) is 0 Å². The molecule has 0 saturated carbocycles. The molecule has 0 bridgehead atoms. The van der Waals surface area contributed by atoms with Crippen molar-refractivity contribution < 1.29 is 19.0 Å². The number of hydrogen-bond acceptors (Lipinski definition) is 5. The molecule has 2 saturated heterocycles. The monoisotopic (exact) mass is 282 g/mol. The third-order valence-electron chi connectivity index (χ3n) is 3.24. The van der Waals surface area contributed by atoms with Crippen molar-refractivity contribution in [2.24, 2.45) is 0 Å². The number of amides is 1. The van der Waals surface area contributed by atoms with Gasteiger partial charge in [0.05, 0.1) is 13.1 Å². The molecule has 2 aliphatic rings. The summed E-state index contributed by atoms with van der Waals surface area (Å²) in [6.07, 6.45) is 2.14. The second-order valence-corrected chi connectivity index (χ2v) is 6.36. The maximum atomic E-state index is 11.8. The first-order valence-electron chi connectivity index (χ1n) is 7.02. The van der Waals surface area contributed by atoms with Crippen LogP contribution in [-0.4, -0.2) is 48.2 Å². The fraction of sp³-hybridized carbons (Fsp3) is 0.857. The average Bonchev–Trinajstić information content (AvgIpc) is 2.32. The van der Waals surface area contributed by atoms with E-state index in [0.29, 0.717) is 6.61 Å². The number of carbonyl (C=O) groups is 1. The van der Waals surface area contributed by atoms with Crippen LogP contribution in [0.1, 0.15) is 40.0 Å². The summed E-state index contributed by atoms with van der Waals surface area (Å²) in [5.41, 5.74) is -1.48. The molecular weight excluding hydrogens is 260 g/mol. The first-order valence-corrected chi connectivity index (χ1v) is 7.02. The van der Waals surface area contributed by atoms with E-state index in [0.717, 1.165) is 19.3 Å². The van der Waals surface area contributed by atoms with Crippen LogP contribution >= 0.6 is 0 Å². The third kappa shape index (κ3) is 3.62. The normalized spacial score (nSPS) is 25.5. The molecule has 112 valence electrons. The van der Waals surface area contributed by atoms with Gasteiger partial charge in [0.2, 0.25) is 0 Å². The molecule has 2 aliphatic heterocycles. The second-order valence-electron chi connectivity index (χ2n) is 6.36. The van der Waals surface area contributed by atoms with Gasteiger partial charge in [-0.2, -0.15) is 5.26 Å². The maximum Gasteiger partial charge on any atom is 0.410 e. The van der Waals surface area contributed by atoms with Gasteiger partial charge in [-0.3, -0.25) is 0 Å². The molecule has 1 unspecified atom stereocenters. The zero-order chi connectivity index (χ0) is 14.8. The van der Waals surface area contributed by atoms with Gasteiger partial charge in [0.15, 0.2) is 11.9 Å². The number of nitrogens with zero attached hydrogens (tertiary/aromatic N) is 2. The van der Waals surface area contributed by atoms with Crippen LogP contribution < -0.4 is 0 Å². The molecule has 0 aliphatic carbocycles. The van der Waals surface area contributed by atoms with Crippen LogP contribution in [0.3, 0.4) is 0 Å². The highest BCUT2D eigenvalue weighted by molar-refractivity contribution is 5.70. The molecule has 20 heavy (non-hydrogen) atoms. The summed E-state index contributed by atoms with van der Waals surface area (Å²) in [5.74, 6) is 0. The fourth-order valence-electron chi connectivity index (χ4n) is 2.25. The largest absolute Gasteiger partial charge is 0.444 e. The number of rotatable bonds is 2. The smallest absolute Gasteiger partial charge is 0.410 e. The van der Waals surface area contributed by atoms with E-state index in [4.69, 9.17) is 14.2 Å². The molecule has 6 heteroatoms. The van der Waals surface area contributed by atoms with Crippen LogP contribution in [0.4, 0.5) is 4.79 Å². The Bertz CT molecular complexity index is 398. The average molecular weight is 282 g/mol. The van der Waals surface area contributed by atoms with Crippen LogP contribution in [0, 0.1) is 11.3 Å². The van der Waals surface area contributed by atoms with Crippen molar-refractivity contribution in [3.63, 3.8) is 0 Å². The van der Waals surface area contributed by atoms with E-state index in [-0.39, 0.29) is 19.4 Å². The van der Waals surface area contributed by atoms with Gasteiger partial charge in [-0.15, -0.1) is 0 Å². The zero-order valence-electron chi connectivity index (χ0n) is 12.3. The summed E-state index contributed by atoms with van der Waals surface area (Å²) < 4.78 is 16.5. The van der Waals surface area contributed by atoms with E-state index in [9.17, 15) is 10.1 Å². The summed E-state index contributed by atoms with van der Waals surface area (Å²) in [4.78, 5) is 13.3. The maximum absolute atomic E-state index is 11.8. The van der Waals surface area contributed by atoms with E-state index in [1.54, 1.807) is 0 Å². The third-order valence-corrected chi connectivity index (χ3v) is 3.24. The number of hydrogen-bond donors (Lipinski definition) is 0. The molecule has 6 nitrogen and oxygen atoms in total. The molecule has 2 rings (SSSR count). The molecule has 0 aromatic carbocycles. The van der Waals surface area contributed by atoms with Gasteiger partial charge in [-0.25, -0.2) is 4.79 Å². The molecule has 0 radical (unpaired) electrons. The lowest BCUT2D eigenvalue weighted by atomic mass is 9.96. The van der Waals surface area contributed by atoms with Gasteiger partial charge in [-0.05, 0) is 40.0 Å². The highest BCUT2D eigenvalue weighted by Gasteiger charge is 2.50. The van der Waals surface area contributed by atoms with Crippen molar-refractivity contribution in [3.05, 3.63) is 0 Å². The topological polar surface area (TPSA) is 71.8 Å². The van der Waals surface area contributed by atoms with Gasteiger partial charge in [-0.1, -0.05) is 0 Å². The van der Waals surface area contributed by atoms with Gasteiger partial charge in [0, 0.05) is 6.61 Å². The first kappa shape index (κ1) is 15.1. The minimum Gasteiger partial charge on any atom is -0.444 e. The van der Waals surface area contributed by atoms with Gasteiger partial charge >= 0.3 is 6.09 Å². The predicted molar refractivity (Wildman–Crippen MR) is 70.8 cm³/mol. The zero-order valence-corrected chi connectivity index (χ0v) is 12.3. The van der Waals surface area contributed by atoms with Gasteiger partial charge < -0.3 is 19.1 Å². The van der Waals surface area contributed by atoms with E-state index < -0.39 is 17.3 Å². The standard InChI is InChI=1S/C14H22N2O4/c1-13(2,3)20-12(17)16-9-14(8-15,10-16)19-11-6-4-5-7-18-11/h11H,4-7,9-10H2,1-3H3. The minimum atomic E-state index is -0.946. The fourth-order valence-corrected chi connectivity index (χ4v) is 2.25. The summed E-state index contributed by atoms with van der Waals surface area (Å²) in [6, 6.07) is 2.16. The van der Waals surface area contributed by atoms with Crippen LogP contribution in [0.15, 0.2) is 0 Å². The van der Waals surface area contributed by atoms with Crippen LogP contribution in [-0.2, 0) is 14.2 Å². The number of nitriles is 1. The van der Waals surface area contributed by atoms with E-state index in [1.807, 2.05) is 20.8 Å². The number of carbonyl (C=O) groups excluding carboxylic acids is 1. The summed E-state index contributed by atoms with van der Waals surface area (Å²) in [5, 5.41) is 9.29. The highest BCUT2D eigenvalue weighted by Crippen LogP contribution is 2.30. The SMILES string of the molecule is CC(C)(C)OC(=O)N1CC(C#N)(OC2CCCCO2)C1. The molecular formula is C14H22N2O4. The lowest BCUT2D eigenvalue weighted by Gasteiger charge is -2.46. The quantitative estimate of drug-likeness (QED) is 0.775. The molecule has 1 amide bonds. The molecule has 2 heterocycles. The first-order chi connectivity index (χ1) is 9.34. The predicted octanol–water partition coefficient (Wildman–Crippen LogP) is 2.04. The van der Waals surface area contributed by atoms with E-state index in [1.165, 1.54) is 4.90 Å². The molecule has 1 atom stereocenters. The Morgan fingerprint density at radius 3 is 2.60 bits per heavy atom. The van der Waals surface area contributed by atoms with Crippen LogP contribution in [0.5, 0.6) is 0 Å². The Labute approximate surface area is 119 Å². The lowest BCUT2D eigenvalue weighted by Crippen LogP contribution is -2.65. The molecule has 0 aromatic heterocycles. The van der Waals surface area contributed by atoms with Crippen molar-refractivity contribution in [3.8, 4) is 6.07 Å². The Hall–Kier alpha value is -1.32. The van der Waals surface area contributed by atoms with Crippen LogP contribution in [0.25, 0.3) is 0 Å². The lowest BCUT2D eigenvalue weighted by molar-refractivity contribution is -0.236. The summed E-state index contributed by atoms with van der Waals surface area (Å²) >= 11 is 0. The Kier molecular flexibility index (Phi) is 4.21. The van der Waals surface area contributed by atoms with Crippen molar-refractivity contribution in [2.45, 2.75) is 57.5 Å². The summed E-state index contributed by atoms with van der Waals surface area (Å²) in [6.45, 7) is 6.58. The van der Waals surface area contributed by atoms with Gasteiger partial charge in [0.25, 0.3) is 0 Å². The number of likely N-dealkylation sites (tertiary alicyclic amines) is 1. The molecule has 0 spiro atoms. The van der Waals surface area contributed by atoms with Crippen molar-refractivity contribution in [1.82, 2.24) is 4.90 Å². The molecule has 0 N–H and O–H groups in total. The van der Waals surface area contributed by atoms with Crippen molar-refractivity contribution in [2.75, 3.05) is 19.7 Å².